The van der Waals surface area contributed by atoms with Gasteiger partial charge in [0.2, 0.25) is 0 Å². The molecule has 0 aliphatic carbocycles. The van der Waals surface area contributed by atoms with E-state index in [0.29, 0.717) is 25.5 Å². The maximum Gasteiger partial charge on any atom is 0.410 e. The van der Waals surface area contributed by atoms with Crippen LogP contribution in [-0.2, 0) is 4.74 Å². The Kier molecular flexibility index (Phi) is 4.72. The summed E-state index contributed by atoms with van der Waals surface area (Å²) in [6.07, 6.45) is 0.932. The van der Waals surface area contributed by atoms with E-state index in [0.717, 1.165) is 0 Å². The summed E-state index contributed by atoms with van der Waals surface area (Å²) in [7, 11) is 0. The number of hydrogen-bond acceptors (Lipinski definition) is 6. The van der Waals surface area contributed by atoms with Crippen molar-refractivity contribution in [3.05, 3.63) is 28.4 Å². The summed E-state index contributed by atoms with van der Waals surface area (Å²) in [5, 5.41) is 10.7. The molecule has 2 heterocycles. The van der Waals surface area contributed by atoms with Crippen LogP contribution in [0.25, 0.3) is 0 Å². The molecule has 8 nitrogen and oxygen atoms in total. The number of carbonyl (C=O) groups excluding carboxylic acids is 1. The molecule has 1 fully saturated rings. The molecule has 0 saturated carbocycles. The number of piperazine rings is 1. The monoisotopic (exact) mass is 322 g/mol. The Balaban J connectivity index is 2.00. The maximum absolute atomic E-state index is 12.2. The van der Waals surface area contributed by atoms with Crippen molar-refractivity contribution in [2.75, 3.05) is 24.5 Å². The van der Waals surface area contributed by atoms with Gasteiger partial charge in [0.05, 0.1) is 4.92 Å². The first kappa shape index (κ1) is 17.0. The van der Waals surface area contributed by atoms with Crippen LogP contribution in [0, 0.1) is 10.1 Å². The standard InChI is InChI=1S/C15H22N4O4/c1-11-10-17(13-6-5-12(9-16-13)19(21)22)7-8-18(11)14(20)23-15(2,3)4/h5-6,9,11H,7-8,10H2,1-4H3/t11-/m1/s1. The fourth-order valence-corrected chi connectivity index (χ4v) is 2.43. The van der Waals surface area contributed by atoms with Crippen molar-refractivity contribution in [3.63, 3.8) is 0 Å². The van der Waals surface area contributed by atoms with E-state index in [4.69, 9.17) is 4.74 Å². The van der Waals surface area contributed by atoms with Crippen LogP contribution in [0.4, 0.5) is 16.3 Å². The third-order valence-corrected chi connectivity index (χ3v) is 3.52. The molecular formula is C15H22N4O4. The first-order valence-corrected chi connectivity index (χ1v) is 7.52. The molecule has 1 aromatic rings. The van der Waals surface area contributed by atoms with Crippen molar-refractivity contribution < 1.29 is 14.5 Å². The average molecular weight is 322 g/mol. The zero-order chi connectivity index (χ0) is 17.2. The quantitative estimate of drug-likeness (QED) is 0.614. The molecule has 0 unspecified atom stereocenters. The second-order valence-corrected chi connectivity index (χ2v) is 6.60. The van der Waals surface area contributed by atoms with E-state index in [1.807, 2.05) is 32.6 Å². The molecule has 8 heteroatoms. The van der Waals surface area contributed by atoms with E-state index in [2.05, 4.69) is 4.98 Å². The predicted molar refractivity (Wildman–Crippen MR) is 85.5 cm³/mol. The van der Waals surface area contributed by atoms with Gasteiger partial charge in [0.1, 0.15) is 17.6 Å². The van der Waals surface area contributed by atoms with Gasteiger partial charge in [0.25, 0.3) is 5.69 Å². The molecule has 0 radical (unpaired) electrons. The lowest BCUT2D eigenvalue weighted by atomic mass is 10.2. The minimum atomic E-state index is -0.520. The molecule has 1 saturated heterocycles. The summed E-state index contributed by atoms with van der Waals surface area (Å²) < 4.78 is 5.41. The van der Waals surface area contributed by atoms with Crippen LogP contribution in [0.5, 0.6) is 0 Å². The van der Waals surface area contributed by atoms with Gasteiger partial charge in [0.15, 0.2) is 0 Å². The Bertz CT molecular complexity index is 582. The number of hydrogen-bond donors (Lipinski definition) is 0. The number of nitrogens with zero attached hydrogens (tertiary/aromatic N) is 4. The number of pyridine rings is 1. The molecule has 0 spiro atoms. The van der Waals surface area contributed by atoms with Gasteiger partial charge in [-0.2, -0.15) is 0 Å². The zero-order valence-electron chi connectivity index (χ0n) is 13.9. The summed E-state index contributed by atoms with van der Waals surface area (Å²) >= 11 is 0. The lowest BCUT2D eigenvalue weighted by Crippen LogP contribution is -2.55. The Morgan fingerprint density at radius 1 is 1.39 bits per heavy atom. The molecule has 1 aliphatic rings. The fourth-order valence-electron chi connectivity index (χ4n) is 2.43. The molecule has 1 aliphatic heterocycles. The van der Waals surface area contributed by atoms with Crippen LogP contribution in [0.2, 0.25) is 0 Å². The van der Waals surface area contributed by atoms with Gasteiger partial charge in [-0.3, -0.25) is 10.1 Å². The number of amides is 1. The molecule has 1 amide bonds. The molecular weight excluding hydrogens is 300 g/mol. The second-order valence-electron chi connectivity index (χ2n) is 6.60. The SMILES string of the molecule is C[C@@H]1CN(c2ccc([N+](=O)[O-])cn2)CCN1C(=O)OC(C)(C)C. The van der Waals surface area contributed by atoms with Crippen LogP contribution in [0.15, 0.2) is 18.3 Å². The highest BCUT2D eigenvalue weighted by molar-refractivity contribution is 5.69. The lowest BCUT2D eigenvalue weighted by molar-refractivity contribution is -0.385. The highest BCUT2D eigenvalue weighted by Gasteiger charge is 2.31. The molecule has 126 valence electrons. The minimum Gasteiger partial charge on any atom is -0.444 e. The number of carbonyl (C=O) groups is 1. The Labute approximate surface area is 135 Å². The van der Waals surface area contributed by atoms with Gasteiger partial charge in [-0.1, -0.05) is 0 Å². The van der Waals surface area contributed by atoms with Crippen molar-refractivity contribution in [2.24, 2.45) is 0 Å². The highest BCUT2D eigenvalue weighted by Crippen LogP contribution is 2.21. The van der Waals surface area contributed by atoms with Crippen LogP contribution in [0.1, 0.15) is 27.7 Å². The van der Waals surface area contributed by atoms with E-state index in [9.17, 15) is 14.9 Å². The first-order valence-electron chi connectivity index (χ1n) is 7.52. The summed E-state index contributed by atoms with van der Waals surface area (Å²) in [6.45, 7) is 9.19. The van der Waals surface area contributed by atoms with Gasteiger partial charge in [0, 0.05) is 31.7 Å². The number of ether oxygens (including phenoxy) is 1. The lowest BCUT2D eigenvalue weighted by Gasteiger charge is -2.40. The minimum absolute atomic E-state index is 0.0319. The van der Waals surface area contributed by atoms with Crippen molar-refractivity contribution in [2.45, 2.75) is 39.3 Å². The molecule has 2 rings (SSSR count). The number of aromatic nitrogens is 1. The average Bonchev–Trinajstić information content (AvgIpc) is 2.45. The van der Waals surface area contributed by atoms with E-state index in [-0.39, 0.29) is 17.8 Å². The van der Waals surface area contributed by atoms with Gasteiger partial charge in [-0.15, -0.1) is 0 Å². The second kappa shape index (κ2) is 6.39. The Morgan fingerprint density at radius 3 is 2.57 bits per heavy atom. The molecule has 0 N–H and O–H groups in total. The summed E-state index contributed by atoms with van der Waals surface area (Å²) in [5.41, 5.74) is -0.553. The summed E-state index contributed by atoms with van der Waals surface area (Å²) in [5.74, 6) is 0.672. The fraction of sp³-hybridized carbons (Fsp3) is 0.600. The van der Waals surface area contributed by atoms with Crippen LogP contribution in [0.3, 0.4) is 0 Å². The summed E-state index contributed by atoms with van der Waals surface area (Å²) in [6, 6.07) is 3.04. The maximum atomic E-state index is 12.2. The van der Waals surface area contributed by atoms with Crippen molar-refractivity contribution in [1.29, 1.82) is 0 Å². The zero-order valence-corrected chi connectivity index (χ0v) is 13.9. The topological polar surface area (TPSA) is 88.8 Å². The van der Waals surface area contributed by atoms with Crippen molar-refractivity contribution >= 4 is 17.6 Å². The molecule has 0 bridgehead atoms. The Morgan fingerprint density at radius 2 is 2.09 bits per heavy atom. The first-order chi connectivity index (χ1) is 10.7. The van der Waals surface area contributed by atoms with Crippen LogP contribution in [-0.4, -0.2) is 52.2 Å². The molecule has 23 heavy (non-hydrogen) atoms. The van der Waals surface area contributed by atoms with Gasteiger partial charge >= 0.3 is 6.09 Å². The third-order valence-electron chi connectivity index (χ3n) is 3.52. The highest BCUT2D eigenvalue weighted by atomic mass is 16.6. The van der Waals surface area contributed by atoms with E-state index < -0.39 is 10.5 Å². The summed E-state index contributed by atoms with van der Waals surface area (Å²) in [4.78, 5) is 30.2. The van der Waals surface area contributed by atoms with Crippen LogP contribution < -0.4 is 4.90 Å². The normalized spacial score (nSPS) is 18.7. The largest absolute Gasteiger partial charge is 0.444 e. The van der Waals surface area contributed by atoms with E-state index >= 15 is 0 Å². The van der Waals surface area contributed by atoms with Crippen LogP contribution >= 0.6 is 0 Å². The Hall–Kier alpha value is -2.38. The third kappa shape index (κ3) is 4.30. The van der Waals surface area contributed by atoms with Crippen molar-refractivity contribution in [3.8, 4) is 0 Å². The molecule has 1 aromatic heterocycles. The van der Waals surface area contributed by atoms with Crippen molar-refractivity contribution in [1.82, 2.24) is 9.88 Å². The van der Waals surface area contributed by atoms with Gasteiger partial charge in [-0.25, -0.2) is 9.78 Å². The van der Waals surface area contributed by atoms with Gasteiger partial charge < -0.3 is 14.5 Å². The van der Waals surface area contributed by atoms with E-state index in [1.54, 1.807) is 11.0 Å². The molecule has 1 atom stereocenters. The smallest absolute Gasteiger partial charge is 0.410 e. The number of nitro groups is 1. The van der Waals surface area contributed by atoms with E-state index in [1.165, 1.54) is 12.3 Å². The molecule has 0 aromatic carbocycles. The van der Waals surface area contributed by atoms with Gasteiger partial charge in [-0.05, 0) is 33.8 Å². The number of rotatable bonds is 2. The predicted octanol–water partition coefficient (Wildman–Crippen LogP) is 2.44. The number of anilines is 1.